The van der Waals surface area contributed by atoms with Crippen molar-refractivity contribution in [3.05, 3.63) is 59.7 Å². The average molecular weight is 400 g/mol. The van der Waals surface area contributed by atoms with Gasteiger partial charge >= 0.3 is 0 Å². The van der Waals surface area contributed by atoms with Crippen molar-refractivity contribution in [3.8, 4) is 11.5 Å². The number of likely N-dealkylation sites (tertiary alicyclic amines) is 1. The van der Waals surface area contributed by atoms with Crippen LogP contribution in [0.4, 0.5) is 0 Å². The van der Waals surface area contributed by atoms with Crippen molar-refractivity contribution in [1.82, 2.24) is 9.96 Å². The summed E-state index contributed by atoms with van der Waals surface area (Å²) in [7, 11) is 3.09. The first kappa shape index (κ1) is 21.1. The molecule has 7 nitrogen and oxygen atoms in total. The minimum Gasteiger partial charge on any atom is -0.493 e. The molecule has 29 heavy (non-hydrogen) atoms. The van der Waals surface area contributed by atoms with Gasteiger partial charge in [-0.25, -0.2) is 5.06 Å². The van der Waals surface area contributed by atoms with E-state index in [-0.39, 0.29) is 12.5 Å². The third-order valence-electron chi connectivity index (χ3n) is 5.22. The zero-order valence-electron chi connectivity index (χ0n) is 16.8. The highest BCUT2D eigenvalue weighted by Crippen LogP contribution is 2.29. The molecule has 1 heterocycles. The molecule has 2 atom stereocenters. The highest BCUT2D eigenvalue weighted by molar-refractivity contribution is 5.78. The number of hydroxylamine groups is 2. The molecule has 1 aliphatic rings. The Hall–Kier alpha value is -2.61. The summed E-state index contributed by atoms with van der Waals surface area (Å²) >= 11 is 0. The van der Waals surface area contributed by atoms with Crippen LogP contribution in [0.2, 0.25) is 0 Å². The van der Waals surface area contributed by atoms with Gasteiger partial charge in [0.05, 0.1) is 32.8 Å². The molecule has 2 aromatic carbocycles. The molecule has 156 valence electrons. The number of carbonyl (C=O) groups excluding carboxylic acids is 1. The number of hydrogen-bond donors (Lipinski definition) is 2. The first-order chi connectivity index (χ1) is 14.0. The predicted molar refractivity (Wildman–Crippen MR) is 108 cm³/mol. The van der Waals surface area contributed by atoms with E-state index in [9.17, 15) is 15.1 Å². The summed E-state index contributed by atoms with van der Waals surface area (Å²) in [6.07, 6.45) is 0.371. The Morgan fingerprint density at radius 2 is 1.90 bits per heavy atom. The van der Waals surface area contributed by atoms with Crippen LogP contribution in [0.5, 0.6) is 11.5 Å². The quantitative estimate of drug-likeness (QED) is 0.523. The molecular weight excluding hydrogens is 372 g/mol. The lowest BCUT2D eigenvalue weighted by Gasteiger charge is -2.30. The van der Waals surface area contributed by atoms with E-state index < -0.39 is 11.9 Å². The number of aliphatic hydroxyl groups is 1. The maximum Gasteiger partial charge on any atom is 0.250 e. The molecule has 1 aliphatic heterocycles. The van der Waals surface area contributed by atoms with E-state index in [4.69, 9.17) is 9.47 Å². The number of benzene rings is 2. The van der Waals surface area contributed by atoms with E-state index in [1.165, 1.54) is 7.11 Å². The first-order valence-corrected chi connectivity index (χ1v) is 9.69. The van der Waals surface area contributed by atoms with Gasteiger partial charge in [0, 0.05) is 19.6 Å². The molecule has 0 bridgehead atoms. The number of methoxy groups -OCH3 is 2. The lowest BCUT2D eigenvalue weighted by Crippen LogP contribution is -2.40. The smallest absolute Gasteiger partial charge is 0.250 e. The lowest BCUT2D eigenvalue weighted by atomic mass is 10.0. The average Bonchev–Trinajstić information content (AvgIpc) is 3.16. The fourth-order valence-electron chi connectivity index (χ4n) is 3.64. The molecule has 2 aromatic rings. The van der Waals surface area contributed by atoms with Gasteiger partial charge in [-0.3, -0.25) is 14.9 Å². The molecule has 2 N–H and O–H groups in total. The molecule has 0 aliphatic carbocycles. The second kappa shape index (κ2) is 9.73. The van der Waals surface area contributed by atoms with Crippen molar-refractivity contribution >= 4 is 5.91 Å². The van der Waals surface area contributed by atoms with Gasteiger partial charge in [-0.1, -0.05) is 36.4 Å². The number of β-amino-alcohol motifs (C(OH)–C–C–N with tert-alkyl or cyclic N) is 1. The van der Waals surface area contributed by atoms with Gasteiger partial charge in [0.15, 0.2) is 11.5 Å². The van der Waals surface area contributed by atoms with Gasteiger partial charge in [-0.2, -0.15) is 0 Å². The normalized spacial score (nSPS) is 17.7. The molecule has 0 spiro atoms. The summed E-state index contributed by atoms with van der Waals surface area (Å²) < 4.78 is 10.5. The molecular formula is C22H28N2O5. The summed E-state index contributed by atoms with van der Waals surface area (Å²) in [4.78, 5) is 14.9. The third kappa shape index (κ3) is 5.26. The van der Waals surface area contributed by atoms with Crippen molar-refractivity contribution in [1.29, 1.82) is 0 Å². The highest BCUT2D eigenvalue weighted by Gasteiger charge is 2.29. The largest absolute Gasteiger partial charge is 0.493 e. The fourth-order valence-corrected chi connectivity index (χ4v) is 3.64. The van der Waals surface area contributed by atoms with Crippen molar-refractivity contribution < 1.29 is 24.6 Å². The van der Waals surface area contributed by atoms with Gasteiger partial charge in [0.2, 0.25) is 0 Å². The topological polar surface area (TPSA) is 82.5 Å². The monoisotopic (exact) mass is 400 g/mol. The van der Waals surface area contributed by atoms with Crippen LogP contribution in [0.25, 0.3) is 0 Å². The van der Waals surface area contributed by atoms with Crippen LogP contribution in [0.1, 0.15) is 23.6 Å². The zero-order valence-corrected chi connectivity index (χ0v) is 16.8. The van der Waals surface area contributed by atoms with E-state index in [1.54, 1.807) is 25.3 Å². The fraction of sp³-hybridized carbons (Fsp3) is 0.409. The minimum atomic E-state index is -0.519. The molecule has 0 radical (unpaired) electrons. The van der Waals surface area contributed by atoms with Crippen molar-refractivity contribution in [2.45, 2.75) is 25.0 Å². The molecule has 3 rings (SSSR count). The lowest BCUT2D eigenvalue weighted by molar-refractivity contribution is -0.177. The number of aliphatic hydroxyl groups excluding tert-OH is 1. The number of ether oxygens (including phenoxy) is 2. The predicted octanol–water partition coefficient (Wildman–Crippen LogP) is 2.27. The van der Waals surface area contributed by atoms with Gasteiger partial charge in [-0.05, 0) is 29.7 Å². The Morgan fingerprint density at radius 1 is 1.17 bits per heavy atom. The van der Waals surface area contributed by atoms with Crippen LogP contribution in [0.15, 0.2) is 48.5 Å². The molecule has 1 fully saturated rings. The summed E-state index contributed by atoms with van der Waals surface area (Å²) in [5.41, 5.74) is 1.56. The maximum atomic E-state index is 12.9. The number of amides is 1. The molecule has 2 unspecified atom stereocenters. The van der Waals surface area contributed by atoms with E-state index >= 15 is 0 Å². The Labute approximate surface area is 171 Å². The third-order valence-corrected chi connectivity index (χ3v) is 5.22. The van der Waals surface area contributed by atoms with Gasteiger partial charge in [-0.15, -0.1) is 0 Å². The van der Waals surface area contributed by atoms with E-state index in [2.05, 4.69) is 4.90 Å². The zero-order chi connectivity index (χ0) is 20.8. The number of nitrogens with zero attached hydrogens (tertiary/aromatic N) is 2. The van der Waals surface area contributed by atoms with E-state index in [0.29, 0.717) is 31.0 Å². The summed E-state index contributed by atoms with van der Waals surface area (Å²) in [5, 5.41) is 21.4. The van der Waals surface area contributed by atoms with Crippen LogP contribution < -0.4 is 9.47 Å². The Kier molecular flexibility index (Phi) is 7.09. The Balaban J connectivity index is 1.76. The van der Waals surface area contributed by atoms with E-state index in [1.807, 2.05) is 30.3 Å². The van der Waals surface area contributed by atoms with Crippen LogP contribution in [0, 0.1) is 0 Å². The molecule has 0 aromatic heterocycles. The first-order valence-electron chi connectivity index (χ1n) is 9.69. The SMILES string of the molecule is COc1ccc(CC(=O)N(O)C(CN2CCC(O)C2)c2ccccc2)cc1OC. The summed E-state index contributed by atoms with van der Waals surface area (Å²) in [5.74, 6) is 0.707. The second-order valence-corrected chi connectivity index (χ2v) is 7.23. The van der Waals surface area contributed by atoms with Crippen molar-refractivity contribution in [2.24, 2.45) is 0 Å². The minimum absolute atomic E-state index is 0.0306. The van der Waals surface area contributed by atoms with Crippen LogP contribution in [-0.2, 0) is 11.2 Å². The van der Waals surface area contributed by atoms with Gasteiger partial charge in [0.25, 0.3) is 5.91 Å². The van der Waals surface area contributed by atoms with E-state index in [0.717, 1.165) is 22.7 Å². The molecule has 7 heteroatoms. The Morgan fingerprint density at radius 3 is 2.52 bits per heavy atom. The Bertz CT molecular complexity index is 814. The van der Waals surface area contributed by atoms with Crippen LogP contribution >= 0.6 is 0 Å². The number of carbonyl (C=O) groups is 1. The number of hydrogen-bond acceptors (Lipinski definition) is 6. The molecule has 0 saturated carbocycles. The summed E-state index contributed by atoms with van der Waals surface area (Å²) in [6.45, 7) is 1.73. The molecule has 1 amide bonds. The van der Waals surface area contributed by atoms with Gasteiger partial charge < -0.3 is 14.6 Å². The van der Waals surface area contributed by atoms with Gasteiger partial charge in [0.1, 0.15) is 0 Å². The number of rotatable bonds is 8. The highest BCUT2D eigenvalue weighted by atomic mass is 16.5. The summed E-state index contributed by atoms with van der Waals surface area (Å²) in [6, 6.07) is 14.2. The van der Waals surface area contributed by atoms with Crippen LogP contribution in [0.3, 0.4) is 0 Å². The second-order valence-electron chi connectivity index (χ2n) is 7.23. The van der Waals surface area contributed by atoms with Crippen LogP contribution in [-0.4, -0.2) is 66.1 Å². The molecule has 1 saturated heterocycles. The standard InChI is InChI=1S/C22H28N2O5/c1-28-20-9-8-16(12-21(20)29-2)13-22(26)24(27)19(17-6-4-3-5-7-17)15-23-11-10-18(25)14-23/h3-9,12,18-19,25,27H,10-11,13-15H2,1-2H3. The van der Waals surface area contributed by atoms with Crippen molar-refractivity contribution in [2.75, 3.05) is 33.9 Å². The van der Waals surface area contributed by atoms with Crippen molar-refractivity contribution in [3.63, 3.8) is 0 Å². The maximum absolute atomic E-state index is 12.9.